The van der Waals surface area contributed by atoms with Gasteiger partial charge in [0.1, 0.15) is 0 Å². The van der Waals surface area contributed by atoms with E-state index < -0.39 is 0 Å². The number of likely N-dealkylation sites (tertiary alicyclic amines) is 1. The Morgan fingerprint density at radius 2 is 1.73 bits per heavy atom. The zero-order chi connectivity index (χ0) is 17.8. The Morgan fingerprint density at radius 3 is 2.50 bits per heavy atom. The summed E-state index contributed by atoms with van der Waals surface area (Å²) in [7, 11) is 0. The summed E-state index contributed by atoms with van der Waals surface area (Å²) in [5.41, 5.74) is 11.1. The minimum absolute atomic E-state index is 0.741. The van der Waals surface area contributed by atoms with Gasteiger partial charge >= 0.3 is 0 Å². The van der Waals surface area contributed by atoms with E-state index in [1.807, 2.05) is 0 Å². The van der Waals surface area contributed by atoms with Gasteiger partial charge in [-0.2, -0.15) is 0 Å². The van der Waals surface area contributed by atoms with Crippen molar-refractivity contribution in [1.82, 2.24) is 9.47 Å². The molecule has 0 radical (unpaired) electrons. The van der Waals surface area contributed by atoms with Crippen LogP contribution in [0.2, 0.25) is 0 Å². The van der Waals surface area contributed by atoms with Crippen LogP contribution in [0.3, 0.4) is 0 Å². The highest BCUT2D eigenvalue weighted by Crippen LogP contribution is 2.28. The van der Waals surface area contributed by atoms with Gasteiger partial charge in [0, 0.05) is 23.8 Å². The lowest BCUT2D eigenvalue weighted by molar-refractivity contribution is 0.221. The van der Waals surface area contributed by atoms with Crippen LogP contribution in [0.15, 0.2) is 54.7 Å². The Morgan fingerprint density at radius 1 is 0.923 bits per heavy atom. The molecule has 2 N–H and O–H groups in total. The average Bonchev–Trinajstić information content (AvgIpc) is 3.06. The second-order valence-corrected chi connectivity index (χ2v) is 7.44. The third-order valence-corrected chi connectivity index (χ3v) is 5.49. The van der Waals surface area contributed by atoms with Crippen molar-refractivity contribution < 1.29 is 0 Å². The Kier molecular flexibility index (Phi) is 5.37. The van der Waals surface area contributed by atoms with Gasteiger partial charge in [0.15, 0.2) is 0 Å². The predicted octanol–water partition coefficient (Wildman–Crippen LogP) is 4.51. The smallest absolute Gasteiger partial charge is 0.0534 e. The molecule has 1 aliphatic heterocycles. The molecule has 1 aromatic heterocycles. The van der Waals surface area contributed by atoms with Crippen LogP contribution in [0.1, 0.15) is 36.8 Å². The van der Waals surface area contributed by atoms with E-state index in [4.69, 9.17) is 5.73 Å². The van der Waals surface area contributed by atoms with Crippen molar-refractivity contribution in [2.24, 2.45) is 5.73 Å². The minimum atomic E-state index is 0.741. The number of rotatable bonds is 6. The van der Waals surface area contributed by atoms with E-state index in [1.54, 1.807) is 0 Å². The summed E-state index contributed by atoms with van der Waals surface area (Å²) in [5, 5.41) is 1.37. The van der Waals surface area contributed by atoms with Crippen LogP contribution in [-0.2, 0) is 13.0 Å². The van der Waals surface area contributed by atoms with Crippen molar-refractivity contribution in [3.05, 3.63) is 65.9 Å². The topological polar surface area (TPSA) is 34.2 Å². The van der Waals surface area contributed by atoms with Crippen molar-refractivity contribution in [1.29, 1.82) is 0 Å². The molecule has 2 heterocycles. The molecule has 3 aromatic rings. The number of para-hydroxylation sites is 1. The van der Waals surface area contributed by atoms with Crippen molar-refractivity contribution in [3.63, 3.8) is 0 Å². The molecule has 0 aliphatic carbocycles. The van der Waals surface area contributed by atoms with E-state index >= 15 is 0 Å². The molecule has 1 aliphatic rings. The molecule has 0 saturated carbocycles. The van der Waals surface area contributed by atoms with Crippen LogP contribution in [0.5, 0.6) is 0 Å². The standard InChI is InChI=1S/C23H29N3/c24-13-7-8-20-18-26(21-9-3-1-4-10-21)23-16-19(11-12-22(20)23)17-25-14-5-2-6-15-25/h1,3-4,9-12,16,18H,2,5-8,13-15,17,24H2. The Hall–Kier alpha value is -2.10. The molecule has 3 heteroatoms. The molecular weight excluding hydrogens is 318 g/mol. The lowest BCUT2D eigenvalue weighted by Gasteiger charge is -2.26. The normalized spacial score (nSPS) is 15.6. The monoisotopic (exact) mass is 347 g/mol. The van der Waals surface area contributed by atoms with Gasteiger partial charge in [-0.25, -0.2) is 0 Å². The fourth-order valence-corrected chi connectivity index (χ4v) is 4.11. The van der Waals surface area contributed by atoms with Gasteiger partial charge < -0.3 is 10.3 Å². The Bertz CT molecular complexity index is 845. The molecular formula is C23H29N3. The first kappa shape index (κ1) is 17.3. The summed E-state index contributed by atoms with van der Waals surface area (Å²) in [6, 6.07) is 17.7. The first-order valence-corrected chi connectivity index (χ1v) is 9.96. The van der Waals surface area contributed by atoms with Gasteiger partial charge in [-0.05, 0) is 74.6 Å². The lowest BCUT2D eigenvalue weighted by Crippen LogP contribution is -2.29. The van der Waals surface area contributed by atoms with E-state index in [0.717, 1.165) is 25.9 Å². The highest BCUT2D eigenvalue weighted by Gasteiger charge is 2.13. The Balaban J connectivity index is 1.71. The number of nitrogens with two attached hydrogens (primary N) is 1. The van der Waals surface area contributed by atoms with Crippen molar-refractivity contribution in [2.75, 3.05) is 19.6 Å². The zero-order valence-electron chi connectivity index (χ0n) is 15.5. The quantitative estimate of drug-likeness (QED) is 0.712. The van der Waals surface area contributed by atoms with Gasteiger partial charge in [0.25, 0.3) is 0 Å². The number of benzene rings is 2. The van der Waals surface area contributed by atoms with Gasteiger partial charge in [-0.1, -0.05) is 36.8 Å². The maximum Gasteiger partial charge on any atom is 0.0534 e. The van der Waals surface area contributed by atoms with Gasteiger partial charge in [-0.15, -0.1) is 0 Å². The maximum atomic E-state index is 5.75. The number of aryl methyl sites for hydroxylation is 1. The van der Waals surface area contributed by atoms with E-state index in [1.165, 1.54) is 60.1 Å². The van der Waals surface area contributed by atoms with Gasteiger partial charge in [-0.3, -0.25) is 4.90 Å². The summed E-state index contributed by atoms with van der Waals surface area (Å²) in [6.07, 6.45) is 8.44. The van der Waals surface area contributed by atoms with E-state index in [2.05, 4.69) is 64.2 Å². The number of fused-ring (bicyclic) bond motifs is 1. The van der Waals surface area contributed by atoms with Crippen LogP contribution in [0.25, 0.3) is 16.6 Å². The van der Waals surface area contributed by atoms with E-state index in [-0.39, 0.29) is 0 Å². The molecule has 0 unspecified atom stereocenters. The third kappa shape index (κ3) is 3.69. The summed E-state index contributed by atoms with van der Waals surface area (Å²) in [5.74, 6) is 0. The first-order valence-electron chi connectivity index (χ1n) is 9.96. The van der Waals surface area contributed by atoms with Crippen LogP contribution in [0.4, 0.5) is 0 Å². The molecule has 1 fully saturated rings. The largest absolute Gasteiger partial charge is 0.330 e. The zero-order valence-corrected chi connectivity index (χ0v) is 15.5. The van der Waals surface area contributed by atoms with Crippen LogP contribution in [-0.4, -0.2) is 29.1 Å². The molecule has 0 bridgehead atoms. The maximum absolute atomic E-state index is 5.75. The molecule has 2 aromatic carbocycles. The van der Waals surface area contributed by atoms with Crippen LogP contribution in [0, 0.1) is 0 Å². The first-order chi connectivity index (χ1) is 12.8. The summed E-state index contributed by atoms with van der Waals surface area (Å²) < 4.78 is 2.35. The Labute approximate surface area is 156 Å². The highest BCUT2D eigenvalue weighted by atomic mass is 15.1. The third-order valence-electron chi connectivity index (χ3n) is 5.49. The number of hydrogen-bond donors (Lipinski definition) is 1. The second-order valence-electron chi connectivity index (χ2n) is 7.44. The van der Waals surface area contributed by atoms with Crippen LogP contribution >= 0.6 is 0 Å². The molecule has 0 atom stereocenters. The van der Waals surface area contributed by atoms with Crippen LogP contribution < -0.4 is 5.73 Å². The number of aromatic nitrogens is 1. The van der Waals surface area contributed by atoms with Crippen molar-refractivity contribution in [2.45, 2.75) is 38.6 Å². The summed E-state index contributed by atoms with van der Waals surface area (Å²) in [6.45, 7) is 4.28. The molecule has 3 nitrogen and oxygen atoms in total. The predicted molar refractivity (Wildman–Crippen MR) is 110 cm³/mol. The van der Waals surface area contributed by atoms with Crippen molar-refractivity contribution in [3.8, 4) is 5.69 Å². The minimum Gasteiger partial charge on any atom is -0.330 e. The SMILES string of the molecule is NCCCc1cn(-c2ccccc2)c2cc(CN3CCCCC3)ccc12. The van der Waals surface area contributed by atoms with E-state index in [9.17, 15) is 0 Å². The summed E-state index contributed by atoms with van der Waals surface area (Å²) in [4.78, 5) is 2.59. The second kappa shape index (κ2) is 8.07. The molecule has 0 spiro atoms. The fraction of sp³-hybridized carbons (Fsp3) is 0.391. The fourth-order valence-electron chi connectivity index (χ4n) is 4.11. The van der Waals surface area contributed by atoms with Gasteiger partial charge in [0.05, 0.1) is 5.52 Å². The van der Waals surface area contributed by atoms with Crippen molar-refractivity contribution >= 4 is 10.9 Å². The number of hydrogen-bond acceptors (Lipinski definition) is 2. The highest BCUT2D eigenvalue weighted by molar-refractivity contribution is 5.86. The molecule has 1 saturated heterocycles. The molecule has 4 rings (SSSR count). The molecule has 136 valence electrons. The number of piperidine rings is 1. The lowest BCUT2D eigenvalue weighted by atomic mass is 10.1. The van der Waals surface area contributed by atoms with Gasteiger partial charge in [0.2, 0.25) is 0 Å². The van der Waals surface area contributed by atoms with E-state index in [0.29, 0.717) is 0 Å². The summed E-state index contributed by atoms with van der Waals surface area (Å²) >= 11 is 0. The molecule has 26 heavy (non-hydrogen) atoms. The number of nitrogens with zero attached hydrogens (tertiary/aromatic N) is 2. The molecule has 0 amide bonds. The average molecular weight is 348 g/mol.